The van der Waals surface area contributed by atoms with E-state index in [0.717, 1.165) is 45.4 Å². The number of halogens is 1. The molecule has 0 amide bonds. The number of carbonyl (C=O) groups is 1. The molecule has 218 valence electrons. The fraction of sp³-hybridized carbons (Fsp3) is 0.162. The molecule has 6 aromatic rings. The SMILES string of the molecule is Cc1nc2c(-c3cccc(-c4ccccc4)c3)c(-c3ccccc3)nn2c(-c2cc(F)c3c(c2C)CCCO3)c1CC(=O)O. The molecule has 7 heteroatoms. The summed E-state index contributed by atoms with van der Waals surface area (Å²) in [5.74, 6) is -1.18. The van der Waals surface area contributed by atoms with E-state index in [1.807, 2.05) is 74.5 Å². The minimum absolute atomic E-state index is 0.280. The molecule has 7 rings (SSSR count). The first kappa shape index (κ1) is 27.5. The van der Waals surface area contributed by atoms with Crippen molar-refractivity contribution in [2.75, 3.05) is 6.61 Å². The third kappa shape index (κ3) is 4.71. The molecule has 0 radical (unpaired) electrons. The lowest BCUT2D eigenvalue weighted by atomic mass is 9.91. The predicted molar refractivity (Wildman–Crippen MR) is 169 cm³/mol. The number of benzene rings is 4. The molecule has 0 saturated carbocycles. The van der Waals surface area contributed by atoms with E-state index in [-0.39, 0.29) is 12.2 Å². The summed E-state index contributed by atoms with van der Waals surface area (Å²) in [5.41, 5.74) is 9.88. The second-order valence-corrected chi connectivity index (χ2v) is 11.2. The van der Waals surface area contributed by atoms with Crippen molar-refractivity contribution in [3.63, 3.8) is 0 Å². The molecule has 0 aliphatic carbocycles. The van der Waals surface area contributed by atoms with Gasteiger partial charge in [-0.3, -0.25) is 4.79 Å². The van der Waals surface area contributed by atoms with Gasteiger partial charge in [0.2, 0.25) is 0 Å². The van der Waals surface area contributed by atoms with Crippen LogP contribution in [0.4, 0.5) is 4.39 Å². The van der Waals surface area contributed by atoms with Crippen LogP contribution in [-0.4, -0.2) is 32.3 Å². The lowest BCUT2D eigenvalue weighted by Gasteiger charge is -2.23. The fourth-order valence-electron chi connectivity index (χ4n) is 6.29. The number of carboxylic acids is 1. The van der Waals surface area contributed by atoms with Gasteiger partial charge in [0.1, 0.15) is 5.69 Å². The maximum Gasteiger partial charge on any atom is 0.307 e. The number of aliphatic carboxylic acids is 1. The highest BCUT2D eigenvalue weighted by Crippen LogP contribution is 2.42. The number of carboxylic acid groups (broad SMARTS) is 1. The topological polar surface area (TPSA) is 76.7 Å². The number of hydrogen-bond acceptors (Lipinski definition) is 4. The van der Waals surface area contributed by atoms with Crippen LogP contribution in [0, 0.1) is 19.7 Å². The van der Waals surface area contributed by atoms with E-state index in [9.17, 15) is 9.90 Å². The second-order valence-electron chi connectivity index (χ2n) is 11.2. The van der Waals surface area contributed by atoms with Crippen molar-refractivity contribution >= 4 is 11.6 Å². The molecule has 0 atom stereocenters. The predicted octanol–water partition coefficient (Wildman–Crippen LogP) is 8.11. The molecule has 4 aromatic carbocycles. The van der Waals surface area contributed by atoms with Crippen molar-refractivity contribution in [2.24, 2.45) is 0 Å². The molecule has 0 bridgehead atoms. The van der Waals surface area contributed by atoms with Crippen LogP contribution >= 0.6 is 0 Å². The van der Waals surface area contributed by atoms with E-state index in [0.29, 0.717) is 46.9 Å². The standard InChI is InChI=1S/C37H30FN3O3/c1-22-28-17-10-18-44-36(28)31(38)20-29(22)35-30(21-32(42)43)23(2)39-37-33(34(40-41(35)37)25-13-7-4-8-14-25)27-16-9-15-26(19-27)24-11-5-3-6-12-24/h3-9,11-16,19-20H,10,17-18,21H2,1-2H3,(H,42,43). The zero-order chi connectivity index (χ0) is 30.4. The first-order valence-corrected chi connectivity index (χ1v) is 14.7. The minimum Gasteiger partial charge on any atom is -0.490 e. The molecule has 1 aliphatic rings. The summed E-state index contributed by atoms with van der Waals surface area (Å²) in [5, 5.41) is 15.1. The van der Waals surface area contributed by atoms with Crippen molar-refractivity contribution in [3.8, 4) is 50.5 Å². The van der Waals surface area contributed by atoms with Crippen LogP contribution < -0.4 is 4.74 Å². The lowest BCUT2D eigenvalue weighted by Crippen LogP contribution is -2.14. The Hall–Kier alpha value is -5.30. The maximum atomic E-state index is 15.6. The molecule has 1 aliphatic heterocycles. The lowest BCUT2D eigenvalue weighted by molar-refractivity contribution is -0.136. The van der Waals surface area contributed by atoms with Gasteiger partial charge in [0.05, 0.1) is 24.3 Å². The second kappa shape index (κ2) is 11.1. The molecule has 0 fully saturated rings. The van der Waals surface area contributed by atoms with Crippen LogP contribution in [0.3, 0.4) is 0 Å². The van der Waals surface area contributed by atoms with E-state index >= 15 is 4.39 Å². The Labute approximate surface area is 254 Å². The molecular formula is C37H30FN3O3. The van der Waals surface area contributed by atoms with E-state index in [2.05, 4.69) is 24.3 Å². The van der Waals surface area contributed by atoms with E-state index in [1.54, 1.807) is 4.52 Å². The van der Waals surface area contributed by atoms with Crippen LogP contribution in [0.2, 0.25) is 0 Å². The Morgan fingerprint density at radius 2 is 1.59 bits per heavy atom. The molecule has 6 nitrogen and oxygen atoms in total. The minimum atomic E-state index is -0.999. The van der Waals surface area contributed by atoms with Gasteiger partial charge in [-0.15, -0.1) is 0 Å². The Balaban J connectivity index is 1.58. The Kier molecular flexibility index (Phi) is 6.93. The summed E-state index contributed by atoms with van der Waals surface area (Å²) in [7, 11) is 0. The molecule has 3 heterocycles. The fourth-order valence-corrected chi connectivity index (χ4v) is 6.29. The van der Waals surface area contributed by atoms with Gasteiger partial charge in [-0.05, 0) is 61.1 Å². The highest BCUT2D eigenvalue weighted by atomic mass is 19.1. The van der Waals surface area contributed by atoms with Gasteiger partial charge in [-0.2, -0.15) is 5.10 Å². The van der Waals surface area contributed by atoms with Gasteiger partial charge in [0.25, 0.3) is 0 Å². The number of ether oxygens (including phenoxy) is 1. The highest BCUT2D eigenvalue weighted by molar-refractivity contribution is 5.93. The third-order valence-corrected chi connectivity index (χ3v) is 8.39. The average molecular weight is 584 g/mol. The largest absolute Gasteiger partial charge is 0.490 e. The Bertz CT molecular complexity index is 2050. The van der Waals surface area contributed by atoms with Crippen molar-refractivity contribution in [1.29, 1.82) is 0 Å². The molecular weight excluding hydrogens is 553 g/mol. The summed E-state index contributed by atoms with van der Waals surface area (Å²) >= 11 is 0. The van der Waals surface area contributed by atoms with Gasteiger partial charge >= 0.3 is 5.97 Å². The van der Waals surface area contributed by atoms with Crippen molar-refractivity contribution in [3.05, 3.63) is 119 Å². The summed E-state index contributed by atoms with van der Waals surface area (Å²) in [6.45, 7) is 4.23. The van der Waals surface area contributed by atoms with E-state index in [4.69, 9.17) is 14.8 Å². The molecule has 0 spiro atoms. The zero-order valence-corrected chi connectivity index (χ0v) is 24.5. The monoisotopic (exact) mass is 583 g/mol. The number of nitrogens with zero attached hydrogens (tertiary/aromatic N) is 3. The average Bonchev–Trinajstić information content (AvgIpc) is 3.43. The number of rotatable bonds is 6. The molecule has 44 heavy (non-hydrogen) atoms. The van der Waals surface area contributed by atoms with Crippen LogP contribution in [0.1, 0.15) is 28.8 Å². The number of hydrogen-bond donors (Lipinski definition) is 1. The van der Waals surface area contributed by atoms with Gasteiger partial charge < -0.3 is 9.84 Å². The quantitative estimate of drug-likeness (QED) is 0.214. The molecule has 0 saturated heterocycles. The van der Waals surface area contributed by atoms with Crippen molar-refractivity contribution in [2.45, 2.75) is 33.1 Å². The summed E-state index contributed by atoms with van der Waals surface area (Å²) in [4.78, 5) is 17.2. The van der Waals surface area contributed by atoms with Crippen LogP contribution in [0.15, 0.2) is 91.0 Å². The Morgan fingerprint density at radius 1 is 0.909 bits per heavy atom. The van der Waals surface area contributed by atoms with Crippen LogP contribution in [0.5, 0.6) is 5.75 Å². The van der Waals surface area contributed by atoms with Gasteiger partial charge in [-0.25, -0.2) is 13.9 Å². The number of aryl methyl sites for hydroxylation is 1. The van der Waals surface area contributed by atoms with Gasteiger partial charge in [-0.1, -0.05) is 78.9 Å². The first-order chi connectivity index (χ1) is 21.4. The van der Waals surface area contributed by atoms with E-state index in [1.165, 1.54) is 6.07 Å². The maximum absolute atomic E-state index is 15.6. The van der Waals surface area contributed by atoms with Crippen molar-refractivity contribution in [1.82, 2.24) is 14.6 Å². The molecule has 2 aromatic heterocycles. The molecule has 1 N–H and O–H groups in total. The summed E-state index contributed by atoms with van der Waals surface area (Å²) < 4.78 is 23.1. The van der Waals surface area contributed by atoms with Gasteiger partial charge in [0.15, 0.2) is 17.2 Å². The van der Waals surface area contributed by atoms with Gasteiger partial charge in [0, 0.05) is 27.9 Å². The van der Waals surface area contributed by atoms with Crippen molar-refractivity contribution < 1.29 is 19.0 Å². The van der Waals surface area contributed by atoms with Crippen LogP contribution in [0.25, 0.3) is 50.4 Å². The summed E-state index contributed by atoms with van der Waals surface area (Å²) in [6.07, 6.45) is 1.18. The third-order valence-electron chi connectivity index (χ3n) is 8.39. The highest BCUT2D eigenvalue weighted by Gasteiger charge is 2.28. The normalized spacial score (nSPS) is 12.6. The zero-order valence-electron chi connectivity index (χ0n) is 24.5. The van der Waals surface area contributed by atoms with E-state index < -0.39 is 11.8 Å². The smallest absolute Gasteiger partial charge is 0.307 e. The number of fused-ring (bicyclic) bond motifs is 2. The molecule has 0 unspecified atom stereocenters. The Morgan fingerprint density at radius 3 is 2.32 bits per heavy atom. The number of aromatic nitrogens is 3. The first-order valence-electron chi connectivity index (χ1n) is 14.7. The van der Waals surface area contributed by atoms with Crippen LogP contribution in [-0.2, 0) is 17.6 Å². The summed E-state index contributed by atoms with van der Waals surface area (Å²) in [6, 6.07) is 29.8.